The van der Waals surface area contributed by atoms with Gasteiger partial charge in [0.25, 0.3) is 0 Å². The molecule has 0 N–H and O–H groups in total. The Balaban J connectivity index is 0. The molecule has 20 valence electrons. The molecule has 0 amide bonds. The van der Waals surface area contributed by atoms with Crippen LogP contribution in [-0.4, -0.2) is 28.3 Å². The third-order valence-electron chi connectivity index (χ3n) is 0. The molecule has 0 rings (SSSR count). The van der Waals surface area contributed by atoms with E-state index in [1.807, 2.05) is 0 Å². The van der Waals surface area contributed by atoms with Gasteiger partial charge in [-0.1, -0.05) is 0 Å². The van der Waals surface area contributed by atoms with Gasteiger partial charge in [0.2, 0.25) is 0 Å². The summed E-state index contributed by atoms with van der Waals surface area (Å²) in [7, 11) is 0. The van der Waals surface area contributed by atoms with Crippen molar-refractivity contribution in [1.82, 2.24) is 0 Å². The molecule has 0 nitrogen and oxygen atoms in total. The molecule has 0 unspecified atom stereocenters. The van der Waals surface area contributed by atoms with Gasteiger partial charge >= 0.3 is 18.9 Å². The summed E-state index contributed by atoms with van der Waals surface area (Å²) in [6.45, 7) is 0. The van der Waals surface area contributed by atoms with E-state index < -0.39 is 0 Å². The molecule has 0 spiro atoms. The van der Waals surface area contributed by atoms with Crippen LogP contribution in [0.3, 0.4) is 0 Å². The zero-order valence-electron chi connectivity index (χ0n) is 2.50. The van der Waals surface area contributed by atoms with Crippen LogP contribution in [0.15, 0.2) is 0 Å². The Hall–Kier alpha value is 2.06. The fraction of sp³-hybridized carbons (Fsp3) is 0. The van der Waals surface area contributed by atoms with Gasteiger partial charge in [-0.15, -0.1) is 0 Å². The smallest absolute Gasteiger partial charge is 1.00 e. The second-order valence-corrected chi connectivity index (χ2v) is 0. The predicted molar refractivity (Wildman–Crippen MR) is 22.4 cm³/mol. The topological polar surface area (TPSA) is 0 Å². The van der Waals surface area contributed by atoms with E-state index in [1.165, 1.54) is 0 Å². The maximum absolute atomic E-state index is 0. The first-order chi connectivity index (χ1) is 0. The van der Waals surface area contributed by atoms with Gasteiger partial charge in [0.05, 0.1) is 0 Å². The molecule has 0 radical (unpaired) electrons. The molecule has 0 heterocycles. The van der Waals surface area contributed by atoms with Crippen LogP contribution in [0.4, 0.5) is 0 Å². The van der Waals surface area contributed by atoms with Crippen molar-refractivity contribution in [3.8, 4) is 0 Å². The Morgan fingerprint density at radius 3 is 1.25 bits per heavy atom. The summed E-state index contributed by atoms with van der Waals surface area (Å²) >= 11 is 0. The van der Waals surface area contributed by atoms with Crippen molar-refractivity contribution < 1.29 is 42.0 Å². The van der Waals surface area contributed by atoms with E-state index in [-0.39, 0.29) is 70.3 Å². The van der Waals surface area contributed by atoms with E-state index in [9.17, 15) is 0 Å². The standard InChI is InChI=1S/Al.Li.H4Si.Ti.4H/h;;1H4;;;;;/q;+1;;;;;;-1. The Morgan fingerprint density at radius 2 is 1.25 bits per heavy atom. The molecule has 0 aromatic carbocycles. The first kappa shape index (κ1) is 36.5. The molecule has 0 aliphatic heterocycles. The Labute approximate surface area is 69.8 Å². The number of hydrogen-bond acceptors (Lipinski definition) is 0. The molecule has 0 fully saturated rings. The molecule has 0 aliphatic rings. The minimum Gasteiger partial charge on any atom is -1.00 e. The summed E-state index contributed by atoms with van der Waals surface area (Å²) in [4.78, 5) is 0. The van der Waals surface area contributed by atoms with Crippen LogP contribution in [0, 0.1) is 0 Å². The molecule has 0 atom stereocenters. The summed E-state index contributed by atoms with van der Waals surface area (Å²) in [5.74, 6) is 0. The molecule has 0 aromatic rings. The van der Waals surface area contributed by atoms with Crippen LogP contribution in [-0.2, 0) is 21.7 Å². The van der Waals surface area contributed by atoms with E-state index in [2.05, 4.69) is 0 Å². The molecule has 0 aromatic heterocycles. The van der Waals surface area contributed by atoms with Crippen molar-refractivity contribution >= 4 is 28.3 Å². The third-order valence-corrected chi connectivity index (χ3v) is 0. The van der Waals surface area contributed by atoms with Crippen molar-refractivity contribution in [2.75, 3.05) is 0 Å². The van der Waals surface area contributed by atoms with Crippen molar-refractivity contribution in [1.29, 1.82) is 0 Å². The second-order valence-electron chi connectivity index (χ2n) is 0. The van der Waals surface area contributed by atoms with Gasteiger partial charge in [-0.05, 0) is 11.0 Å². The van der Waals surface area contributed by atoms with Crippen LogP contribution in [0.5, 0.6) is 0 Å². The van der Waals surface area contributed by atoms with E-state index in [0.29, 0.717) is 0 Å². The Bertz CT molecular complexity index is 11.6. The average molecular weight is 118 g/mol. The van der Waals surface area contributed by atoms with Gasteiger partial charge in [-0.3, -0.25) is 0 Å². The van der Waals surface area contributed by atoms with E-state index in [0.717, 1.165) is 0 Å². The summed E-state index contributed by atoms with van der Waals surface area (Å²) in [5, 5.41) is 0. The van der Waals surface area contributed by atoms with Gasteiger partial charge in [-0.25, -0.2) is 0 Å². The molecular formula is H8AlLiSiTi. The van der Waals surface area contributed by atoms with Gasteiger partial charge in [0.1, 0.15) is 0 Å². The first-order valence-electron chi connectivity index (χ1n) is 0. The third kappa shape index (κ3) is 8.96. The van der Waals surface area contributed by atoms with Crippen LogP contribution >= 0.6 is 0 Å². The van der Waals surface area contributed by atoms with Crippen LogP contribution in [0.2, 0.25) is 0 Å². The Morgan fingerprint density at radius 1 is 1.25 bits per heavy atom. The summed E-state index contributed by atoms with van der Waals surface area (Å²) in [6.07, 6.45) is 0. The van der Waals surface area contributed by atoms with Crippen LogP contribution in [0.25, 0.3) is 0 Å². The normalized spacial score (nSPS) is 0. The van der Waals surface area contributed by atoms with Crippen LogP contribution in [0.1, 0.15) is 1.43 Å². The summed E-state index contributed by atoms with van der Waals surface area (Å²) in [5.41, 5.74) is 0. The average Bonchev–Trinajstić information content (AvgIpc) is 0. The van der Waals surface area contributed by atoms with Gasteiger partial charge < -0.3 is 1.43 Å². The van der Waals surface area contributed by atoms with Crippen LogP contribution < -0.4 is 18.9 Å². The molecule has 0 bridgehead atoms. The minimum absolute atomic E-state index is 0. The fourth-order valence-electron chi connectivity index (χ4n) is 0. The van der Waals surface area contributed by atoms with E-state index in [1.54, 1.807) is 0 Å². The molecular weight excluding hydrogens is 110 g/mol. The first-order valence-corrected chi connectivity index (χ1v) is 0. The number of rotatable bonds is 0. The van der Waals surface area contributed by atoms with E-state index in [4.69, 9.17) is 0 Å². The zero-order chi connectivity index (χ0) is 0. The summed E-state index contributed by atoms with van der Waals surface area (Å²) < 4.78 is 0. The number of hydrogen-bond donors (Lipinski definition) is 0. The molecule has 0 aliphatic carbocycles. The monoisotopic (exact) mass is 118 g/mol. The molecule has 4 heavy (non-hydrogen) atoms. The zero-order valence-corrected chi connectivity index (χ0v) is 3.06. The molecule has 0 saturated heterocycles. The predicted octanol–water partition coefficient (Wildman–Crippen LogP) is -5.52. The summed E-state index contributed by atoms with van der Waals surface area (Å²) in [6, 6.07) is 0. The SMILES string of the molecule is [AlH3].[H-].[Li+].[SiH4].[Ti]. The molecule has 0 saturated carbocycles. The Kier molecular flexibility index (Phi) is 180. The van der Waals surface area contributed by atoms with Crippen molar-refractivity contribution in [2.45, 2.75) is 0 Å². The fourth-order valence-corrected chi connectivity index (χ4v) is 0. The minimum atomic E-state index is 0. The van der Waals surface area contributed by atoms with Crippen molar-refractivity contribution in [3.63, 3.8) is 0 Å². The van der Waals surface area contributed by atoms with Gasteiger partial charge in [0.15, 0.2) is 17.4 Å². The van der Waals surface area contributed by atoms with E-state index >= 15 is 0 Å². The largest absolute Gasteiger partial charge is 1.00 e. The maximum Gasteiger partial charge on any atom is 1.00 e. The maximum atomic E-state index is 0. The van der Waals surface area contributed by atoms with Crippen molar-refractivity contribution in [2.24, 2.45) is 0 Å². The van der Waals surface area contributed by atoms with Gasteiger partial charge in [0, 0.05) is 21.7 Å². The van der Waals surface area contributed by atoms with Gasteiger partial charge in [-0.2, -0.15) is 0 Å². The quantitative estimate of drug-likeness (QED) is 0.278. The second kappa shape index (κ2) is 19.6. The molecule has 4 heteroatoms. The van der Waals surface area contributed by atoms with Crippen molar-refractivity contribution in [3.05, 3.63) is 0 Å².